The van der Waals surface area contributed by atoms with Gasteiger partial charge in [0.1, 0.15) is 5.60 Å². The van der Waals surface area contributed by atoms with Crippen molar-refractivity contribution in [1.82, 2.24) is 9.80 Å². The van der Waals surface area contributed by atoms with Crippen LogP contribution >= 0.6 is 0 Å². The molecule has 10 heteroatoms. The largest absolute Gasteiger partial charge is 0.471 e. The molecule has 0 bridgehead atoms. The summed E-state index contributed by atoms with van der Waals surface area (Å²) >= 11 is 0. The summed E-state index contributed by atoms with van der Waals surface area (Å²) in [5, 5.41) is 3.24. The van der Waals surface area contributed by atoms with Crippen molar-refractivity contribution in [2.24, 2.45) is 5.41 Å². The fraction of sp³-hybridized carbons (Fsp3) is 0.680. The van der Waals surface area contributed by atoms with Crippen molar-refractivity contribution >= 4 is 23.4 Å². The molecule has 1 saturated heterocycles. The van der Waals surface area contributed by atoms with Gasteiger partial charge in [0.2, 0.25) is 0 Å². The molecule has 1 aliphatic rings. The molecule has 2 amide bonds. The van der Waals surface area contributed by atoms with Crippen LogP contribution in [-0.2, 0) is 16.1 Å². The van der Waals surface area contributed by atoms with E-state index < -0.39 is 29.1 Å². The molecule has 0 radical (unpaired) electrons. The molecule has 3 N–H and O–H groups in total. The molecule has 35 heavy (non-hydrogen) atoms. The Bertz CT molecular complexity index is 907. The lowest BCUT2D eigenvalue weighted by Crippen LogP contribution is -2.50. The lowest BCUT2D eigenvalue weighted by molar-refractivity contribution is -0.190. The van der Waals surface area contributed by atoms with Gasteiger partial charge in [-0.05, 0) is 63.6 Å². The number of amides is 2. The molecule has 7 nitrogen and oxygen atoms in total. The van der Waals surface area contributed by atoms with Gasteiger partial charge in [-0.15, -0.1) is 0 Å². The Labute approximate surface area is 206 Å². The van der Waals surface area contributed by atoms with Gasteiger partial charge in [-0.2, -0.15) is 13.2 Å². The molecular weight excluding hydrogens is 461 g/mol. The first-order chi connectivity index (χ1) is 15.9. The van der Waals surface area contributed by atoms with E-state index in [9.17, 15) is 22.8 Å². The summed E-state index contributed by atoms with van der Waals surface area (Å²) in [4.78, 5) is 27.2. The zero-order valence-corrected chi connectivity index (χ0v) is 21.8. The monoisotopic (exact) mass is 500 g/mol. The lowest BCUT2D eigenvalue weighted by atomic mass is 9.86. The number of anilines is 2. The Kier molecular flexibility index (Phi) is 8.61. The second-order valence-electron chi connectivity index (χ2n) is 11.2. The minimum atomic E-state index is -4.96. The number of carbonyl (C=O) groups excluding carboxylic acids is 2. The number of hydrogen-bond acceptors (Lipinski definition) is 5. The number of ether oxygens (including phenoxy) is 1. The van der Waals surface area contributed by atoms with Gasteiger partial charge in [-0.3, -0.25) is 4.79 Å². The Morgan fingerprint density at radius 1 is 1.20 bits per heavy atom. The molecule has 1 heterocycles. The van der Waals surface area contributed by atoms with Crippen LogP contribution in [0.15, 0.2) is 18.2 Å². The van der Waals surface area contributed by atoms with Crippen molar-refractivity contribution in [3.05, 3.63) is 23.8 Å². The highest BCUT2D eigenvalue weighted by atomic mass is 19.4. The van der Waals surface area contributed by atoms with E-state index in [1.807, 2.05) is 20.8 Å². The van der Waals surface area contributed by atoms with Crippen molar-refractivity contribution in [1.29, 1.82) is 0 Å². The van der Waals surface area contributed by atoms with Crippen molar-refractivity contribution < 1.29 is 27.5 Å². The van der Waals surface area contributed by atoms with E-state index in [1.165, 1.54) is 0 Å². The van der Waals surface area contributed by atoms with Gasteiger partial charge in [0.25, 0.3) is 0 Å². The quantitative estimate of drug-likeness (QED) is 0.510. The number of nitrogens with one attached hydrogen (secondary N) is 1. The first-order valence-corrected chi connectivity index (χ1v) is 11.9. The van der Waals surface area contributed by atoms with E-state index in [4.69, 9.17) is 10.5 Å². The molecule has 0 spiro atoms. The highest BCUT2D eigenvalue weighted by Gasteiger charge is 2.45. The summed E-state index contributed by atoms with van der Waals surface area (Å²) in [7, 11) is 0. The smallest absolute Gasteiger partial charge is 0.444 e. The van der Waals surface area contributed by atoms with Gasteiger partial charge < -0.3 is 25.6 Å². The maximum absolute atomic E-state index is 13.3. The third-order valence-corrected chi connectivity index (χ3v) is 6.23. The Morgan fingerprint density at radius 3 is 2.34 bits per heavy atom. The van der Waals surface area contributed by atoms with Gasteiger partial charge >= 0.3 is 18.2 Å². The Morgan fingerprint density at radius 2 is 1.83 bits per heavy atom. The maximum atomic E-state index is 13.3. The fourth-order valence-corrected chi connectivity index (χ4v) is 3.92. The van der Waals surface area contributed by atoms with Crippen LogP contribution in [-0.4, -0.2) is 58.8 Å². The number of halogens is 3. The minimum absolute atomic E-state index is 0.0588. The molecular formula is C25H39F3N4O3. The summed E-state index contributed by atoms with van der Waals surface area (Å²) < 4.78 is 45.3. The van der Waals surface area contributed by atoms with Crippen LogP contribution < -0.4 is 11.1 Å². The number of alkyl halides is 3. The molecule has 2 atom stereocenters. The molecule has 1 aliphatic heterocycles. The van der Waals surface area contributed by atoms with Crippen LogP contribution in [0.25, 0.3) is 0 Å². The van der Waals surface area contributed by atoms with Gasteiger partial charge in [0.15, 0.2) is 0 Å². The highest BCUT2D eigenvalue weighted by Crippen LogP contribution is 2.31. The van der Waals surface area contributed by atoms with Crippen molar-refractivity contribution in [2.75, 3.05) is 24.1 Å². The van der Waals surface area contributed by atoms with Crippen LogP contribution in [0.2, 0.25) is 0 Å². The number of nitrogens with two attached hydrogens (primary N) is 1. The number of rotatable bonds is 6. The number of hydrogen-bond donors (Lipinski definition) is 2. The summed E-state index contributed by atoms with van der Waals surface area (Å²) in [6.45, 7) is 13.3. The van der Waals surface area contributed by atoms with E-state index in [1.54, 1.807) is 50.8 Å². The second-order valence-corrected chi connectivity index (χ2v) is 11.2. The van der Waals surface area contributed by atoms with Gasteiger partial charge in [-0.25, -0.2) is 4.79 Å². The predicted molar refractivity (Wildman–Crippen MR) is 131 cm³/mol. The van der Waals surface area contributed by atoms with Crippen LogP contribution in [0.5, 0.6) is 0 Å². The minimum Gasteiger partial charge on any atom is -0.444 e. The third-order valence-electron chi connectivity index (χ3n) is 6.23. The second kappa shape index (κ2) is 10.5. The summed E-state index contributed by atoms with van der Waals surface area (Å²) in [5.74, 6) is -1.87. The first-order valence-electron chi connectivity index (χ1n) is 11.9. The lowest BCUT2D eigenvalue weighted by Gasteiger charge is -2.38. The Hall–Kier alpha value is -2.65. The average Bonchev–Trinajstić information content (AvgIpc) is 3.16. The summed E-state index contributed by atoms with van der Waals surface area (Å²) in [5.41, 5.74) is 6.53. The zero-order chi connectivity index (χ0) is 26.8. The maximum Gasteiger partial charge on any atom is 0.471 e. The Balaban J connectivity index is 2.11. The van der Waals surface area contributed by atoms with Crippen molar-refractivity contribution in [2.45, 2.75) is 91.7 Å². The average molecular weight is 501 g/mol. The number of carbonyl (C=O) groups is 2. The molecule has 1 fully saturated rings. The van der Waals surface area contributed by atoms with Crippen molar-refractivity contribution in [3.63, 3.8) is 0 Å². The normalized spacial score (nSPS) is 17.8. The van der Waals surface area contributed by atoms with Crippen LogP contribution in [0.4, 0.5) is 29.3 Å². The highest BCUT2D eigenvalue weighted by molar-refractivity contribution is 5.82. The van der Waals surface area contributed by atoms with E-state index in [2.05, 4.69) is 5.32 Å². The number of nitrogen functional groups attached to an aromatic ring is 1. The molecule has 1 aromatic carbocycles. The van der Waals surface area contributed by atoms with E-state index in [-0.39, 0.29) is 18.7 Å². The van der Waals surface area contributed by atoms with Gasteiger partial charge in [-0.1, -0.05) is 26.8 Å². The topological polar surface area (TPSA) is 87.9 Å². The van der Waals surface area contributed by atoms with Crippen LogP contribution in [0.3, 0.4) is 0 Å². The number of benzene rings is 1. The third kappa shape index (κ3) is 7.93. The molecule has 2 rings (SSSR count). The first kappa shape index (κ1) is 28.6. The van der Waals surface area contributed by atoms with E-state index in [0.717, 1.165) is 17.7 Å². The molecule has 1 aromatic rings. The van der Waals surface area contributed by atoms with Gasteiger partial charge in [0, 0.05) is 25.7 Å². The summed E-state index contributed by atoms with van der Waals surface area (Å²) in [6.07, 6.45) is -3.63. The van der Waals surface area contributed by atoms with Gasteiger partial charge in [0.05, 0.1) is 17.4 Å². The molecule has 0 aromatic heterocycles. The van der Waals surface area contributed by atoms with Crippen LogP contribution in [0.1, 0.15) is 66.9 Å². The summed E-state index contributed by atoms with van der Waals surface area (Å²) in [6, 6.07) is 4.21. The predicted octanol–water partition coefficient (Wildman–Crippen LogP) is 5.41. The standard InChI is InChI=1S/C25H39F3N4O3/c1-16(23(2,3)4)32(21(33)25(26,27)28)15-17-10-11-20(19(29)13-17)30-14-18-9-8-12-31(18)22(34)35-24(5,6)7/h10-11,13,16,18,30H,8-9,12,14-15,29H2,1-7H3/t16-,18?/m0/s1. The van der Waals surface area contributed by atoms with E-state index >= 15 is 0 Å². The molecule has 1 unspecified atom stereocenters. The van der Waals surface area contributed by atoms with Crippen molar-refractivity contribution in [3.8, 4) is 0 Å². The SMILES string of the molecule is C[C@H](N(Cc1ccc(NCC2CCCN2C(=O)OC(C)(C)C)c(N)c1)C(=O)C(F)(F)F)C(C)(C)C. The van der Waals surface area contributed by atoms with E-state index in [0.29, 0.717) is 30.0 Å². The molecule has 0 saturated carbocycles. The zero-order valence-electron chi connectivity index (χ0n) is 21.8. The van der Waals surface area contributed by atoms with Crippen LogP contribution in [0, 0.1) is 5.41 Å². The molecule has 0 aliphatic carbocycles. The number of likely N-dealkylation sites (tertiary alicyclic amines) is 1. The number of nitrogens with zero attached hydrogens (tertiary/aromatic N) is 2. The molecule has 198 valence electrons. The fourth-order valence-electron chi connectivity index (χ4n) is 3.92.